The highest BCUT2D eigenvalue weighted by Crippen LogP contribution is 2.30. The van der Waals surface area contributed by atoms with Gasteiger partial charge < -0.3 is 0 Å². The second-order valence-electron chi connectivity index (χ2n) is 4.01. The number of nitrogens with zero attached hydrogens (tertiary/aromatic N) is 1. The lowest BCUT2D eigenvalue weighted by Crippen LogP contribution is -2.41. The second-order valence-corrected chi connectivity index (χ2v) is 6.57. The summed E-state index contributed by atoms with van der Waals surface area (Å²) in [5.41, 5.74) is 1.07. The molecule has 2 rings (SSSR count). The third-order valence-electron chi connectivity index (χ3n) is 2.83. The van der Waals surface area contributed by atoms with E-state index in [4.69, 9.17) is 10.7 Å². The van der Waals surface area contributed by atoms with Gasteiger partial charge in [0.15, 0.2) is 0 Å². The Labute approximate surface area is 107 Å². The quantitative estimate of drug-likeness (QED) is 0.590. The van der Waals surface area contributed by atoms with Gasteiger partial charge in [0.1, 0.15) is 0 Å². The van der Waals surface area contributed by atoms with Crippen molar-refractivity contribution in [1.82, 2.24) is 4.90 Å². The molecule has 0 saturated heterocycles. The fourth-order valence-corrected chi connectivity index (χ4v) is 2.70. The number of benzene rings is 1. The minimum absolute atomic E-state index is 0.122. The maximum absolute atomic E-state index is 12.6. The normalized spacial score (nSPS) is 17.6. The SMILES string of the molecule is O=S(=O)(Cl)c1ccc2c(c1)CN(C(F)(F)F)CC2. The molecule has 0 unspecified atom stereocenters. The first-order valence-corrected chi connectivity index (χ1v) is 7.37. The Morgan fingerprint density at radius 3 is 2.44 bits per heavy atom. The van der Waals surface area contributed by atoms with Gasteiger partial charge in [-0.2, -0.15) is 13.2 Å². The van der Waals surface area contributed by atoms with Gasteiger partial charge >= 0.3 is 6.30 Å². The van der Waals surface area contributed by atoms with Gasteiger partial charge in [0.25, 0.3) is 9.05 Å². The van der Waals surface area contributed by atoms with Crippen molar-refractivity contribution in [3.63, 3.8) is 0 Å². The van der Waals surface area contributed by atoms with Crippen molar-refractivity contribution < 1.29 is 21.6 Å². The number of hydrogen-bond acceptors (Lipinski definition) is 3. The first-order valence-electron chi connectivity index (χ1n) is 5.06. The van der Waals surface area contributed by atoms with E-state index in [0.717, 1.165) is 5.56 Å². The molecule has 0 spiro atoms. The van der Waals surface area contributed by atoms with E-state index in [1.165, 1.54) is 18.2 Å². The van der Waals surface area contributed by atoms with E-state index in [1.54, 1.807) is 0 Å². The molecule has 18 heavy (non-hydrogen) atoms. The highest BCUT2D eigenvalue weighted by atomic mass is 35.7. The Hall–Kier alpha value is -0.790. The molecule has 1 aromatic rings. The van der Waals surface area contributed by atoms with Gasteiger partial charge in [-0.3, -0.25) is 0 Å². The first kappa shape index (κ1) is 13.6. The Morgan fingerprint density at radius 2 is 1.89 bits per heavy atom. The summed E-state index contributed by atoms with van der Waals surface area (Å²) >= 11 is 0. The van der Waals surface area contributed by atoms with Crippen LogP contribution in [0.2, 0.25) is 0 Å². The number of halogens is 4. The molecule has 0 atom stereocenters. The van der Waals surface area contributed by atoms with Crippen molar-refractivity contribution in [2.75, 3.05) is 6.54 Å². The molecule has 1 heterocycles. The zero-order valence-electron chi connectivity index (χ0n) is 9.04. The largest absolute Gasteiger partial charge is 0.460 e. The molecule has 0 amide bonds. The average Bonchev–Trinajstić information content (AvgIpc) is 2.25. The maximum Gasteiger partial charge on any atom is 0.460 e. The topological polar surface area (TPSA) is 37.4 Å². The highest BCUT2D eigenvalue weighted by Gasteiger charge is 2.38. The lowest BCUT2D eigenvalue weighted by atomic mass is 10.0. The number of fused-ring (bicyclic) bond motifs is 1. The summed E-state index contributed by atoms with van der Waals surface area (Å²) in [6, 6.07) is 4.03. The fourth-order valence-electron chi connectivity index (χ4n) is 1.90. The molecule has 1 aliphatic rings. The monoisotopic (exact) mass is 299 g/mol. The van der Waals surface area contributed by atoms with E-state index in [-0.39, 0.29) is 24.4 Å². The van der Waals surface area contributed by atoms with Crippen LogP contribution in [0.1, 0.15) is 11.1 Å². The van der Waals surface area contributed by atoms with Crippen molar-refractivity contribution in [3.05, 3.63) is 29.3 Å². The van der Waals surface area contributed by atoms with Crippen LogP contribution in [0.4, 0.5) is 13.2 Å². The molecule has 1 aliphatic heterocycles. The van der Waals surface area contributed by atoms with Crippen LogP contribution in [0.5, 0.6) is 0 Å². The molecule has 0 aromatic heterocycles. The molecule has 0 radical (unpaired) electrons. The summed E-state index contributed by atoms with van der Waals surface area (Å²) in [5.74, 6) is 0. The summed E-state index contributed by atoms with van der Waals surface area (Å²) < 4.78 is 59.9. The van der Waals surface area contributed by atoms with Crippen LogP contribution >= 0.6 is 10.7 Å². The van der Waals surface area contributed by atoms with E-state index in [1.807, 2.05) is 0 Å². The fraction of sp³-hybridized carbons (Fsp3) is 0.400. The summed E-state index contributed by atoms with van der Waals surface area (Å²) in [6.45, 7) is -0.470. The van der Waals surface area contributed by atoms with Crippen LogP contribution in [0.25, 0.3) is 0 Å². The molecular formula is C10H9ClF3NO2S. The van der Waals surface area contributed by atoms with Crippen LogP contribution in [0.3, 0.4) is 0 Å². The van der Waals surface area contributed by atoms with Gasteiger partial charge in [-0.05, 0) is 29.7 Å². The maximum atomic E-state index is 12.6. The molecule has 0 aliphatic carbocycles. The van der Waals surface area contributed by atoms with E-state index in [0.29, 0.717) is 10.5 Å². The molecule has 0 saturated carbocycles. The summed E-state index contributed by atoms with van der Waals surface area (Å²) in [6.07, 6.45) is -4.18. The third kappa shape index (κ3) is 2.78. The number of hydrogen-bond donors (Lipinski definition) is 0. The van der Waals surface area contributed by atoms with Crippen molar-refractivity contribution in [1.29, 1.82) is 0 Å². The van der Waals surface area contributed by atoms with E-state index < -0.39 is 15.4 Å². The molecular weight excluding hydrogens is 291 g/mol. The summed E-state index contributed by atoms with van der Waals surface area (Å²) in [5, 5.41) is 0. The summed E-state index contributed by atoms with van der Waals surface area (Å²) in [7, 11) is 1.25. The molecule has 100 valence electrons. The van der Waals surface area contributed by atoms with Crippen molar-refractivity contribution in [3.8, 4) is 0 Å². The molecule has 1 aromatic carbocycles. The van der Waals surface area contributed by atoms with Gasteiger partial charge in [-0.15, -0.1) is 0 Å². The molecule has 0 N–H and O–H groups in total. The van der Waals surface area contributed by atoms with Crippen molar-refractivity contribution in [2.45, 2.75) is 24.2 Å². The number of alkyl halides is 3. The average molecular weight is 300 g/mol. The van der Waals surface area contributed by atoms with Gasteiger partial charge in [0, 0.05) is 23.8 Å². The zero-order chi connectivity index (χ0) is 13.6. The minimum atomic E-state index is -4.41. The van der Waals surface area contributed by atoms with Gasteiger partial charge in [0.2, 0.25) is 0 Å². The molecule has 3 nitrogen and oxygen atoms in total. The highest BCUT2D eigenvalue weighted by molar-refractivity contribution is 8.13. The van der Waals surface area contributed by atoms with Gasteiger partial charge in [-0.25, -0.2) is 13.3 Å². The van der Waals surface area contributed by atoms with Crippen LogP contribution in [-0.4, -0.2) is 26.2 Å². The molecule has 0 fully saturated rings. The number of rotatable bonds is 1. The molecule has 0 bridgehead atoms. The zero-order valence-corrected chi connectivity index (χ0v) is 10.6. The standard InChI is InChI=1S/C10H9ClF3NO2S/c11-18(16,17)9-2-1-7-3-4-15(10(12,13)14)6-8(7)5-9/h1-2,5H,3-4,6H2. The van der Waals surface area contributed by atoms with Crippen LogP contribution in [0.15, 0.2) is 23.1 Å². The predicted molar refractivity (Wildman–Crippen MR) is 59.6 cm³/mol. The first-order chi connectivity index (χ1) is 8.18. The van der Waals surface area contributed by atoms with Crippen molar-refractivity contribution in [2.24, 2.45) is 0 Å². The van der Waals surface area contributed by atoms with E-state index in [9.17, 15) is 21.6 Å². The second kappa shape index (κ2) is 4.40. The lowest BCUT2D eigenvalue weighted by Gasteiger charge is -2.30. The van der Waals surface area contributed by atoms with Crippen LogP contribution < -0.4 is 0 Å². The summed E-state index contributed by atoms with van der Waals surface area (Å²) in [4.78, 5) is 0.173. The Morgan fingerprint density at radius 1 is 1.22 bits per heavy atom. The molecule has 8 heteroatoms. The third-order valence-corrected chi connectivity index (χ3v) is 4.18. The van der Waals surface area contributed by atoms with Crippen molar-refractivity contribution >= 4 is 19.7 Å². The Kier molecular flexibility index (Phi) is 3.33. The van der Waals surface area contributed by atoms with Crippen LogP contribution in [-0.2, 0) is 22.0 Å². The smallest absolute Gasteiger partial charge is 0.210 e. The van der Waals surface area contributed by atoms with E-state index in [2.05, 4.69) is 0 Å². The van der Waals surface area contributed by atoms with Gasteiger partial charge in [0.05, 0.1) is 4.90 Å². The van der Waals surface area contributed by atoms with Gasteiger partial charge in [-0.1, -0.05) is 6.07 Å². The van der Waals surface area contributed by atoms with E-state index >= 15 is 0 Å². The minimum Gasteiger partial charge on any atom is -0.210 e. The van der Waals surface area contributed by atoms with Crippen LogP contribution in [0, 0.1) is 0 Å². The lowest BCUT2D eigenvalue weighted by molar-refractivity contribution is -0.250. The Bertz CT molecular complexity index is 571. The Balaban J connectivity index is 2.36. The predicted octanol–water partition coefficient (Wildman–Crippen LogP) is 2.49.